The molecule has 2 aliphatic rings. The highest BCUT2D eigenvalue weighted by Crippen LogP contribution is 2.36. The summed E-state index contributed by atoms with van der Waals surface area (Å²) in [7, 11) is -4.38. The molecule has 1 aromatic rings. The van der Waals surface area contributed by atoms with Gasteiger partial charge >= 0.3 is 13.2 Å². The van der Waals surface area contributed by atoms with E-state index in [-0.39, 0.29) is 22.7 Å². The Balaban J connectivity index is 1.52. The lowest BCUT2D eigenvalue weighted by atomic mass is 9.81. The standard InChI is InChI=1S/C24H39BN4O7S/c1-16(28-21(31)34-22(2,3)4)19(30)29-11-9-17(10-12-29)15-37(32,33)20-26-13-18(14-27-20)25-35-23(5,6)24(7,8)36-25/h13-14,16-17H,9-12,15H2,1-8H3,(H,28,31)/t16-/m1/s1. The van der Waals surface area contributed by atoms with Crippen LogP contribution in [-0.2, 0) is 28.7 Å². The molecule has 206 valence electrons. The molecule has 1 N–H and O–H groups in total. The molecule has 37 heavy (non-hydrogen) atoms. The first-order chi connectivity index (χ1) is 16.9. The van der Waals surface area contributed by atoms with Crippen LogP contribution in [0.1, 0.15) is 68.2 Å². The zero-order valence-corrected chi connectivity index (χ0v) is 23.8. The first-order valence-corrected chi connectivity index (χ1v) is 14.2. The van der Waals surface area contributed by atoms with E-state index in [1.54, 1.807) is 32.6 Å². The van der Waals surface area contributed by atoms with E-state index in [1.807, 2.05) is 27.7 Å². The zero-order chi connectivity index (χ0) is 27.8. The van der Waals surface area contributed by atoms with Gasteiger partial charge < -0.3 is 24.3 Å². The number of nitrogens with zero attached hydrogens (tertiary/aromatic N) is 3. The fourth-order valence-electron chi connectivity index (χ4n) is 4.11. The molecule has 13 heteroatoms. The normalized spacial score (nSPS) is 21.0. The zero-order valence-electron chi connectivity index (χ0n) is 23.0. The van der Waals surface area contributed by atoms with Gasteiger partial charge in [0.05, 0.1) is 17.0 Å². The molecule has 0 spiro atoms. The Bertz CT molecular complexity index is 1080. The van der Waals surface area contributed by atoms with Crippen LogP contribution in [0.5, 0.6) is 0 Å². The van der Waals surface area contributed by atoms with Gasteiger partial charge in [-0.25, -0.2) is 23.2 Å². The first kappa shape index (κ1) is 29.3. The summed E-state index contributed by atoms with van der Waals surface area (Å²) in [4.78, 5) is 34.5. The highest BCUT2D eigenvalue weighted by atomic mass is 32.2. The molecular formula is C24H39BN4O7S. The lowest BCUT2D eigenvalue weighted by Crippen LogP contribution is -2.50. The Morgan fingerprint density at radius 1 is 1.14 bits per heavy atom. The molecule has 1 aromatic heterocycles. The van der Waals surface area contributed by atoms with Gasteiger partial charge in [-0.15, -0.1) is 0 Å². The summed E-state index contributed by atoms with van der Waals surface area (Å²) in [6.45, 7) is 15.4. The van der Waals surface area contributed by atoms with Crippen LogP contribution in [0.4, 0.5) is 4.79 Å². The van der Waals surface area contributed by atoms with E-state index in [9.17, 15) is 18.0 Å². The molecule has 0 radical (unpaired) electrons. The maximum absolute atomic E-state index is 13.0. The van der Waals surface area contributed by atoms with Crippen molar-refractivity contribution in [2.24, 2.45) is 5.92 Å². The lowest BCUT2D eigenvalue weighted by Gasteiger charge is -2.33. The van der Waals surface area contributed by atoms with E-state index in [2.05, 4.69) is 15.3 Å². The topological polar surface area (TPSA) is 137 Å². The number of likely N-dealkylation sites (tertiary alicyclic amines) is 1. The van der Waals surface area contributed by atoms with Crippen molar-refractivity contribution >= 4 is 34.4 Å². The van der Waals surface area contributed by atoms with Gasteiger partial charge in [0.2, 0.25) is 20.9 Å². The SMILES string of the molecule is C[C@@H](NC(=O)OC(C)(C)C)C(=O)N1CCC(CS(=O)(=O)c2ncc(B3OC(C)(C)C(C)(C)O3)cn2)CC1. The third-order valence-corrected chi connectivity index (χ3v) is 8.61. The maximum atomic E-state index is 13.0. The Morgan fingerprint density at radius 2 is 1.65 bits per heavy atom. The molecule has 2 fully saturated rings. The molecule has 0 saturated carbocycles. The number of hydrogen-bond acceptors (Lipinski definition) is 9. The average Bonchev–Trinajstić information content (AvgIpc) is 2.99. The number of ether oxygens (including phenoxy) is 1. The molecule has 0 aliphatic carbocycles. The monoisotopic (exact) mass is 538 g/mol. The van der Waals surface area contributed by atoms with Gasteiger partial charge in [-0.05, 0) is 74.1 Å². The maximum Gasteiger partial charge on any atom is 0.498 e. The van der Waals surface area contributed by atoms with Crippen molar-refractivity contribution < 1.29 is 32.1 Å². The minimum Gasteiger partial charge on any atom is -0.444 e. The molecule has 2 aliphatic heterocycles. The second-order valence-electron chi connectivity index (χ2n) is 11.8. The molecule has 0 bridgehead atoms. The van der Waals surface area contributed by atoms with Crippen molar-refractivity contribution in [3.8, 4) is 0 Å². The van der Waals surface area contributed by atoms with E-state index in [0.29, 0.717) is 31.4 Å². The van der Waals surface area contributed by atoms with Gasteiger partial charge in [-0.3, -0.25) is 4.79 Å². The molecular weight excluding hydrogens is 499 g/mol. The van der Waals surface area contributed by atoms with E-state index in [1.165, 1.54) is 12.4 Å². The quantitative estimate of drug-likeness (QED) is 0.424. The largest absolute Gasteiger partial charge is 0.498 e. The van der Waals surface area contributed by atoms with Crippen molar-refractivity contribution in [3.05, 3.63) is 12.4 Å². The van der Waals surface area contributed by atoms with Crippen LogP contribution < -0.4 is 10.8 Å². The predicted octanol–water partition coefficient (Wildman–Crippen LogP) is 1.70. The number of rotatable bonds is 6. The number of hydrogen-bond donors (Lipinski definition) is 1. The van der Waals surface area contributed by atoms with Crippen LogP contribution in [0.3, 0.4) is 0 Å². The van der Waals surface area contributed by atoms with Crippen LogP contribution in [-0.4, -0.2) is 84.1 Å². The molecule has 2 saturated heterocycles. The van der Waals surface area contributed by atoms with Crippen molar-refractivity contribution in [1.82, 2.24) is 20.2 Å². The second kappa shape index (κ2) is 10.5. The van der Waals surface area contributed by atoms with E-state index >= 15 is 0 Å². The number of sulfone groups is 1. The first-order valence-electron chi connectivity index (χ1n) is 12.6. The number of aromatic nitrogens is 2. The fourth-order valence-corrected chi connectivity index (χ4v) is 5.64. The van der Waals surface area contributed by atoms with Gasteiger partial charge in [0.25, 0.3) is 0 Å². The minimum atomic E-state index is -3.71. The van der Waals surface area contributed by atoms with Crippen molar-refractivity contribution in [3.63, 3.8) is 0 Å². The van der Waals surface area contributed by atoms with Gasteiger partial charge in [0.1, 0.15) is 11.6 Å². The molecule has 3 heterocycles. The smallest absolute Gasteiger partial charge is 0.444 e. The Labute approximate surface area is 220 Å². The molecule has 2 amide bonds. The molecule has 11 nitrogen and oxygen atoms in total. The molecule has 0 aromatic carbocycles. The van der Waals surface area contributed by atoms with E-state index in [4.69, 9.17) is 14.0 Å². The van der Waals surface area contributed by atoms with Crippen LogP contribution in [0.25, 0.3) is 0 Å². The Kier molecular flexibility index (Phi) is 8.31. The predicted molar refractivity (Wildman–Crippen MR) is 138 cm³/mol. The number of amides is 2. The second-order valence-corrected chi connectivity index (χ2v) is 13.7. The highest BCUT2D eigenvalue weighted by molar-refractivity contribution is 7.91. The number of alkyl carbamates (subject to hydrolysis) is 1. The third-order valence-electron chi connectivity index (χ3n) is 6.94. The lowest BCUT2D eigenvalue weighted by molar-refractivity contribution is -0.134. The summed E-state index contributed by atoms with van der Waals surface area (Å²) < 4.78 is 43.1. The van der Waals surface area contributed by atoms with Gasteiger partial charge in [0.15, 0.2) is 0 Å². The molecule has 0 unspecified atom stereocenters. The van der Waals surface area contributed by atoms with E-state index < -0.39 is 45.9 Å². The van der Waals surface area contributed by atoms with Crippen LogP contribution >= 0.6 is 0 Å². The summed E-state index contributed by atoms with van der Waals surface area (Å²) in [5, 5.41) is 2.32. The highest BCUT2D eigenvalue weighted by Gasteiger charge is 2.52. The van der Waals surface area contributed by atoms with Crippen molar-refractivity contribution in [1.29, 1.82) is 0 Å². The van der Waals surface area contributed by atoms with Crippen molar-refractivity contribution in [2.75, 3.05) is 18.8 Å². The average molecular weight is 538 g/mol. The number of piperidine rings is 1. The summed E-state index contributed by atoms with van der Waals surface area (Å²) in [5.41, 5.74) is -1.16. The van der Waals surface area contributed by atoms with Crippen LogP contribution in [0.2, 0.25) is 0 Å². The van der Waals surface area contributed by atoms with Gasteiger partial charge in [0, 0.05) is 30.9 Å². The number of nitrogens with one attached hydrogen (secondary N) is 1. The molecule has 3 rings (SSSR count). The van der Waals surface area contributed by atoms with Gasteiger partial charge in [-0.1, -0.05) is 0 Å². The van der Waals surface area contributed by atoms with Crippen LogP contribution in [0.15, 0.2) is 17.6 Å². The number of carbonyl (C=O) groups excluding carboxylic acids is 2. The van der Waals surface area contributed by atoms with Gasteiger partial charge in [-0.2, -0.15) is 0 Å². The van der Waals surface area contributed by atoms with E-state index in [0.717, 1.165) is 0 Å². The fraction of sp³-hybridized carbons (Fsp3) is 0.750. The minimum absolute atomic E-state index is 0.101. The Hall–Kier alpha value is -2.25. The van der Waals surface area contributed by atoms with Crippen molar-refractivity contribution in [2.45, 2.75) is 96.2 Å². The van der Waals surface area contributed by atoms with Crippen LogP contribution in [0, 0.1) is 5.92 Å². The molecule has 1 atom stereocenters. The Morgan fingerprint density at radius 3 is 2.14 bits per heavy atom. The summed E-state index contributed by atoms with van der Waals surface area (Å²) >= 11 is 0. The summed E-state index contributed by atoms with van der Waals surface area (Å²) in [6.07, 6.45) is 3.26. The summed E-state index contributed by atoms with van der Waals surface area (Å²) in [5.74, 6) is -0.459. The third kappa shape index (κ3) is 7.20. The summed E-state index contributed by atoms with van der Waals surface area (Å²) in [6, 6.07) is -0.744. The number of carbonyl (C=O) groups is 2.